The van der Waals surface area contributed by atoms with E-state index in [0.717, 1.165) is 5.92 Å². The number of nitrogens with one attached hydrogen (secondary N) is 1. The third-order valence-electron chi connectivity index (χ3n) is 3.35. The van der Waals surface area contributed by atoms with Crippen molar-refractivity contribution in [3.63, 3.8) is 0 Å². The lowest BCUT2D eigenvalue weighted by Gasteiger charge is -2.20. The SMILES string of the molecule is CC(C)CCCC(C)NC(C)c1ccc(O)cc1. The van der Waals surface area contributed by atoms with Crippen LogP contribution in [0.3, 0.4) is 0 Å². The standard InChI is InChI=1S/C16H27NO/c1-12(2)6-5-7-13(3)17-14(4)15-8-10-16(18)11-9-15/h8-14,17-18H,5-7H2,1-4H3. The summed E-state index contributed by atoms with van der Waals surface area (Å²) in [7, 11) is 0. The van der Waals surface area contributed by atoms with E-state index in [9.17, 15) is 5.11 Å². The van der Waals surface area contributed by atoms with Gasteiger partial charge in [-0.1, -0.05) is 38.8 Å². The second-order valence-corrected chi connectivity index (χ2v) is 5.71. The fourth-order valence-corrected chi connectivity index (χ4v) is 2.20. The van der Waals surface area contributed by atoms with E-state index in [1.807, 2.05) is 12.1 Å². The van der Waals surface area contributed by atoms with Crippen LogP contribution in [-0.2, 0) is 0 Å². The van der Waals surface area contributed by atoms with Gasteiger partial charge in [0, 0.05) is 12.1 Å². The van der Waals surface area contributed by atoms with Gasteiger partial charge in [-0.3, -0.25) is 0 Å². The van der Waals surface area contributed by atoms with Crippen molar-refractivity contribution in [3.8, 4) is 5.75 Å². The maximum Gasteiger partial charge on any atom is 0.115 e. The van der Waals surface area contributed by atoms with Crippen LogP contribution in [0.2, 0.25) is 0 Å². The van der Waals surface area contributed by atoms with Gasteiger partial charge in [-0.2, -0.15) is 0 Å². The molecule has 102 valence electrons. The molecule has 0 radical (unpaired) electrons. The predicted molar refractivity (Wildman–Crippen MR) is 77.8 cm³/mol. The molecule has 2 unspecified atom stereocenters. The summed E-state index contributed by atoms with van der Waals surface area (Å²) in [6.07, 6.45) is 3.81. The molecule has 1 rings (SSSR count). The number of benzene rings is 1. The quantitative estimate of drug-likeness (QED) is 0.757. The van der Waals surface area contributed by atoms with Gasteiger partial charge in [0.05, 0.1) is 0 Å². The van der Waals surface area contributed by atoms with Crippen LogP contribution in [0.25, 0.3) is 0 Å². The Labute approximate surface area is 111 Å². The van der Waals surface area contributed by atoms with Crippen LogP contribution in [0.15, 0.2) is 24.3 Å². The molecule has 0 aliphatic carbocycles. The van der Waals surface area contributed by atoms with Gasteiger partial charge in [0.25, 0.3) is 0 Å². The highest BCUT2D eigenvalue weighted by Crippen LogP contribution is 2.18. The Hall–Kier alpha value is -1.02. The highest BCUT2D eigenvalue weighted by atomic mass is 16.3. The number of rotatable bonds is 7. The summed E-state index contributed by atoms with van der Waals surface area (Å²) in [5, 5.41) is 12.9. The molecular weight excluding hydrogens is 222 g/mol. The van der Waals surface area contributed by atoms with Crippen LogP contribution in [0.1, 0.15) is 58.6 Å². The van der Waals surface area contributed by atoms with Crippen LogP contribution in [0, 0.1) is 5.92 Å². The molecule has 0 bridgehead atoms. The topological polar surface area (TPSA) is 32.3 Å². The summed E-state index contributed by atoms with van der Waals surface area (Å²) >= 11 is 0. The van der Waals surface area contributed by atoms with E-state index in [0.29, 0.717) is 17.8 Å². The first-order valence-corrected chi connectivity index (χ1v) is 7.04. The van der Waals surface area contributed by atoms with Gasteiger partial charge in [0.1, 0.15) is 5.75 Å². The molecule has 0 saturated carbocycles. The van der Waals surface area contributed by atoms with Crippen molar-refractivity contribution in [2.75, 3.05) is 0 Å². The molecule has 2 atom stereocenters. The Morgan fingerprint density at radius 3 is 2.17 bits per heavy atom. The van der Waals surface area contributed by atoms with Crippen LogP contribution >= 0.6 is 0 Å². The Morgan fingerprint density at radius 2 is 1.61 bits per heavy atom. The van der Waals surface area contributed by atoms with Crippen molar-refractivity contribution < 1.29 is 5.11 Å². The van der Waals surface area contributed by atoms with Crippen molar-refractivity contribution in [1.29, 1.82) is 0 Å². The molecular formula is C16H27NO. The molecule has 2 heteroatoms. The number of hydrogen-bond acceptors (Lipinski definition) is 2. The Balaban J connectivity index is 2.34. The molecule has 0 amide bonds. The third kappa shape index (κ3) is 5.54. The summed E-state index contributed by atoms with van der Waals surface area (Å²) in [6, 6.07) is 8.32. The summed E-state index contributed by atoms with van der Waals surface area (Å²) in [6.45, 7) is 8.97. The van der Waals surface area contributed by atoms with Crippen LogP contribution in [-0.4, -0.2) is 11.1 Å². The third-order valence-corrected chi connectivity index (χ3v) is 3.35. The Bertz CT molecular complexity index is 331. The zero-order valence-electron chi connectivity index (χ0n) is 12.1. The fourth-order valence-electron chi connectivity index (χ4n) is 2.20. The van der Waals surface area contributed by atoms with Gasteiger partial charge in [-0.25, -0.2) is 0 Å². The van der Waals surface area contributed by atoms with Crippen molar-refractivity contribution in [2.24, 2.45) is 5.92 Å². The van der Waals surface area contributed by atoms with Crippen LogP contribution in [0.5, 0.6) is 5.75 Å². The Kier molecular flexibility index (Phi) is 6.20. The summed E-state index contributed by atoms with van der Waals surface area (Å²) in [5.74, 6) is 1.13. The van der Waals surface area contributed by atoms with Crippen LogP contribution < -0.4 is 5.32 Å². The number of phenolic OH excluding ortho intramolecular Hbond substituents is 1. The first-order chi connectivity index (χ1) is 8.49. The minimum atomic E-state index is 0.330. The normalized spacial score (nSPS) is 14.7. The lowest BCUT2D eigenvalue weighted by Crippen LogP contribution is -2.28. The number of phenols is 1. The molecule has 0 fully saturated rings. The first kappa shape index (κ1) is 15.0. The average Bonchev–Trinajstić information content (AvgIpc) is 2.29. The molecule has 0 saturated heterocycles. The van der Waals surface area contributed by atoms with Gasteiger partial charge in [0.15, 0.2) is 0 Å². The maximum absolute atomic E-state index is 9.27. The molecule has 18 heavy (non-hydrogen) atoms. The molecule has 2 nitrogen and oxygen atoms in total. The van der Waals surface area contributed by atoms with Crippen molar-refractivity contribution in [2.45, 2.75) is 59.0 Å². The smallest absolute Gasteiger partial charge is 0.115 e. The van der Waals surface area contributed by atoms with Gasteiger partial charge in [-0.15, -0.1) is 0 Å². The first-order valence-electron chi connectivity index (χ1n) is 7.04. The van der Waals surface area contributed by atoms with E-state index in [1.165, 1.54) is 24.8 Å². The largest absolute Gasteiger partial charge is 0.508 e. The zero-order valence-corrected chi connectivity index (χ0v) is 12.1. The van der Waals surface area contributed by atoms with Gasteiger partial charge in [-0.05, 0) is 43.9 Å². The lowest BCUT2D eigenvalue weighted by atomic mass is 10.0. The van der Waals surface area contributed by atoms with E-state index < -0.39 is 0 Å². The minimum Gasteiger partial charge on any atom is -0.508 e. The molecule has 0 aromatic heterocycles. The summed E-state index contributed by atoms with van der Waals surface area (Å²) in [5.41, 5.74) is 1.23. The minimum absolute atomic E-state index is 0.330. The molecule has 0 spiro atoms. The van der Waals surface area contributed by atoms with E-state index in [2.05, 4.69) is 33.0 Å². The maximum atomic E-state index is 9.27. The van der Waals surface area contributed by atoms with Crippen LogP contribution in [0.4, 0.5) is 0 Å². The molecule has 0 heterocycles. The van der Waals surface area contributed by atoms with Gasteiger partial charge >= 0.3 is 0 Å². The second kappa shape index (κ2) is 7.42. The van der Waals surface area contributed by atoms with Crippen molar-refractivity contribution in [1.82, 2.24) is 5.32 Å². The lowest BCUT2D eigenvalue weighted by molar-refractivity contribution is 0.423. The Morgan fingerprint density at radius 1 is 1.00 bits per heavy atom. The fraction of sp³-hybridized carbons (Fsp3) is 0.625. The average molecular weight is 249 g/mol. The zero-order chi connectivity index (χ0) is 13.5. The second-order valence-electron chi connectivity index (χ2n) is 5.71. The van der Waals surface area contributed by atoms with Gasteiger partial charge in [0.2, 0.25) is 0 Å². The number of aromatic hydroxyl groups is 1. The number of hydrogen-bond donors (Lipinski definition) is 2. The molecule has 2 N–H and O–H groups in total. The molecule has 1 aromatic rings. The predicted octanol–water partition coefficient (Wildman–Crippen LogP) is 4.26. The molecule has 0 aliphatic heterocycles. The van der Waals surface area contributed by atoms with Crippen molar-refractivity contribution >= 4 is 0 Å². The molecule has 1 aromatic carbocycles. The highest BCUT2D eigenvalue weighted by Gasteiger charge is 2.09. The molecule has 0 aliphatic rings. The van der Waals surface area contributed by atoms with E-state index in [-0.39, 0.29) is 0 Å². The van der Waals surface area contributed by atoms with Crippen molar-refractivity contribution in [3.05, 3.63) is 29.8 Å². The van der Waals surface area contributed by atoms with E-state index >= 15 is 0 Å². The van der Waals surface area contributed by atoms with Gasteiger partial charge < -0.3 is 10.4 Å². The summed E-state index contributed by atoms with van der Waals surface area (Å²) < 4.78 is 0. The highest BCUT2D eigenvalue weighted by molar-refractivity contribution is 5.27. The summed E-state index contributed by atoms with van der Waals surface area (Å²) in [4.78, 5) is 0. The van der Waals surface area contributed by atoms with E-state index in [4.69, 9.17) is 0 Å². The van der Waals surface area contributed by atoms with E-state index in [1.54, 1.807) is 12.1 Å². The monoisotopic (exact) mass is 249 g/mol.